The molecule has 0 fully saturated rings. The number of benzene rings is 1. The van der Waals surface area contributed by atoms with Crippen molar-refractivity contribution >= 4 is 39.7 Å². The van der Waals surface area contributed by atoms with Gasteiger partial charge in [0.05, 0.1) is 10.7 Å². The molecular formula is C11H10Cl2N2S. The predicted molar refractivity (Wildman–Crippen MR) is 71.7 cm³/mol. The molecule has 0 saturated carbocycles. The van der Waals surface area contributed by atoms with Crippen LogP contribution in [0.4, 0.5) is 5.13 Å². The predicted octanol–water partition coefficient (Wildman–Crippen LogP) is 4.55. The summed E-state index contributed by atoms with van der Waals surface area (Å²) in [5, 5.41) is 7.31. The van der Waals surface area contributed by atoms with Gasteiger partial charge in [-0.1, -0.05) is 23.2 Å². The van der Waals surface area contributed by atoms with Gasteiger partial charge in [-0.25, -0.2) is 4.98 Å². The van der Waals surface area contributed by atoms with Crippen LogP contribution in [0.1, 0.15) is 6.92 Å². The Morgan fingerprint density at radius 1 is 1.38 bits per heavy atom. The van der Waals surface area contributed by atoms with Crippen LogP contribution in [0.25, 0.3) is 11.3 Å². The zero-order chi connectivity index (χ0) is 11.5. The van der Waals surface area contributed by atoms with Gasteiger partial charge in [-0.05, 0) is 25.1 Å². The van der Waals surface area contributed by atoms with Crippen LogP contribution in [0.3, 0.4) is 0 Å². The molecule has 0 atom stereocenters. The van der Waals surface area contributed by atoms with E-state index in [2.05, 4.69) is 10.3 Å². The van der Waals surface area contributed by atoms with Crippen LogP contribution in [0.15, 0.2) is 23.6 Å². The molecule has 1 heterocycles. The molecule has 2 nitrogen and oxygen atoms in total. The van der Waals surface area contributed by atoms with E-state index in [1.54, 1.807) is 17.4 Å². The summed E-state index contributed by atoms with van der Waals surface area (Å²) in [6, 6.07) is 5.43. The van der Waals surface area contributed by atoms with Crippen molar-refractivity contribution in [1.29, 1.82) is 0 Å². The largest absolute Gasteiger partial charge is 0.362 e. The summed E-state index contributed by atoms with van der Waals surface area (Å²) in [7, 11) is 0. The second-order valence-electron chi connectivity index (χ2n) is 3.19. The van der Waals surface area contributed by atoms with Gasteiger partial charge in [0.2, 0.25) is 0 Å². The van der Waals surface area contributed by atoms with Crippen LogP contribution >= 0.6 is 34.5 Å². The van der Waals surface area contributed by atoms with Gasteiger partial charge in [0.15, 0.2) is 5.13 Å². The lowest BCUT2D eigenvalue weighted by molar-refractivity contribution is 1.19. The Bertz CT molecular complexity index is 496. The van der Waals surface area contributed by atoms with Gasteiger partial charge >= 0.3 is 0 Å². The van der Waals surface area contributed by atoms with Crippen molar-refractivity contribution in [1.82, 2.24) is 4.98 Å². The van der Waals surface area contributed by atoms with Crippen LogP contribution in [0.2, 0.25) is 10.0 Å². The van der Waals surface area contributed by atoms with E-state index in [4.69, 9.17) is 23.2 Å². The third-order valence-corrected chi connectivity index (χ3v) is 3.39. The number of hydrogen-bond acceptors (Lipinski definition) is 3. The molecule has 2 aromatic rings. The lowest BCUT2D eigenvalue weighted by Gasteiger charge is -2.00. The first-order chi connectivity index (χ1) is 7.70. The van der Waals surface area contributed by atoms with Gasteiger partial charge in [0, 0.05) is 22.5 Å². The van der Waals surface area contributed by atoms with Crippen LogP contribution in [-0.2, 0) is 0 Å². The van der Waals surface area contributed by atoms with Crippen molar-refractivity contribution < 1.29 is 0 Å². The van der Waals surface area contributed by atoms with Crippen molar-refractivity contribution in [2.45, 2.75) is 6.92 Å². The van der Waals surface area contributed by atoms with Crippen molar-refractivity contribution in [3.8, 4) is 11.3 Å². The third kappa shape index (κ3) is 2.48. The van der Waals surface area contributed by atoms with Gasteiger partial charge in [-0.15, -0.1) is 11.3 Å². The highest BCUT2D eigenvalue weighted by Gasteiger charge is 2.08. The van der Waals surface area contributed by atoms with Crippen LogP contribution in [0, 0.1) is 0 Å². The van der Waals surface area contributed by atoms with Crippen LogP contribution in [0.5, 0.6) is 0 Å². The van der Waals surface area contributed by atoms with Crippen molar-refractivity contribution in [2.75, 3.05) is 11.9 Å². The second kappa shape index (κ2) is 5.04. The molecule has 1 aromatic carbocycles. The summed E-state index contributed by atoms with van der Waals surface area (Å²) >= 11 is 13.5. The fourth-order valence-electron chi connectivity index (χ4n) is 1.33. The molecule has 0 bridgehead atoms. The van der Waals surface area contributed by atoms with E-state index in [0.29, 0.717) is 10.0 Å². The van der Waals surface area contributed by atoms with E-state index in [0.717, 1.165) is 22.9 Å². The molecule has 0 radical (unpaired) electrons. The molecule has 1 N–H and O–H groups in total. The standard InChI is InChI=1S/C11H10Cl2N2S/c1-2-14-11-15-10(6-16-11)8-4-3-7(12)5-9(8)13/h3-6H,2H2,1H3,(H,14,15). The molecule has 0 aliphatic rings. The number of aromatic nitrogens is 1. The van der Waals surface area contributed by atoms with E-state index >= 15 is 0 Å². The molecule has 84 valence electrons. The number of anilines is 1. The van der Waals surface area contributed by atoms with Gasteiger partial charge < -0.3 is 5.32 Å². The first-order valence-corrected chi connectivity index (χ1v) is 6.49. The SMILES string of the molecule is CCNc1nc(-c2ccc(Cl)cc2Cl)cs1. The summed E-state index contributed by atoms with van der Waals surface area (Å²) in [4.78, 5) is 4.44. The third-order valence-electron chi connectivity index (χ3n) is 2.04. The highest BCUT2D eigenvalue weighted by molar-refractivity contribution is 7.14. The Hall–Kier alpha value is -0.770. The zero-order valence-electron chi connectivity index (χ0n) is 8.63. The lowest BCUT2D eigenvalue weighted by Crippen LogP contribution is -1.95. The fraction of sp³-hybridized carbons (Fsp3) is 0.182. The molecule has 0 aliphatic heterocycles. The average molecular weight is 273 g/mol. The average Bonchev–Trinajstić information content (AvgIpc) is 2.67. The number of hydrogen-bond donors (Lipinski definition) is 1. The van der Waals surface area contributed by atoms with Crippen molar-refractivity contribution in [3.05, 3.63) is 33.6 Å². The summed E-state index contributed by atoms with van der Waals surface area (Å²) in [5.41, 5.74) is 1.79. The second-order valence-corrected chi connectivity index (χ2v) is 4.89. The Balaban J connectivity index is 2.35. The Kier molecular flexibility index (Phi) is 3.69. The van der Waals surface area contributed by atoms with E-state index in [9.17, 15) is 0 Å². The topological polar surface area (TPSA) is 24.9 Å². The van der Waals surface area contributed by atoms with E-state index in [1.165, 1.54) is 0 Å². The Morgan fingerprint density at radius 3 is 2.88 bits per heavy atom. The van der Waals surface area contributed by atoms with Crippen LogP contribution < -0.4 is 5.32 Å². The van der Waals surface area contributed by atoms with Crippen molar-refractivity contribution in [3.63, 3.8) is 0 Å². The van der Waals surface area contributed by atoms with Gasteiger partial charge in [0.25, 0.3) is 0 Å². The smallest absolute Gasteiger partial charge is 0.183 e. The lowest BCUT2D eigenvalue weighted by atomic mass is 10.2. The molecule has 0 amide bonds. The maximum absolute atomic E-state index is 6.11. The molecular weight excluding hydrogens is 263 g/mol. The number of nitrogens with zero attached hydrogens (tertiary/aromatic N) is 1. The summed E-state index contributed by atoms with van der Waals surface area (Å²) < 4.78 is 0. The maximum Gasteiger partial charge on any atom is 0.183 e. The molecule has 0 spiro atoms. The number of nitrogens with one attached hydrogen (secondary N) is 1. The summed E-state index contributed by atoms with van der Waals surface area (Å²) in [5.74, 6) is 0. The Morgan fingerprint density at radius 2 is 2.19 bits per heavy atom. The Labute approximate surface area is 108 Å². The van der Waals surface area contributed by atoms with Gasteiger partial charge in [-0.2, -0.15) is 0 Å². The fourth-order valence-corrected chi connectivity index (χ4v) is 2.61. The minimum atomic E-state index is 0.626. The minimum Gasteiger partial charge on any atom is -0.362 e. The number of rotatable bonds is 3. The normalized spacial score (nSPS) is 10.4. The maximum atomic E-state index is 6.11. The molecule has 0 saturated heterocycles. The number of thiazole rings is 1. The molecule has 5 heteroatoms. The molecule has 1 aromatic heterocycles. The molecule has 16 heavy (non-hydrogen) atoms. The zero-order valence-corrected chi connectivity index (χ0v) is 11.0. The first-order valence-electron chi connectivity index (χ1n) is 4.85. The van der Waals surface area contributed by atoms with Gasteiger partial charge in [0.1, 0.15) is 0 Å². The van der Waals surface area contributed by atoms with E-state index in [-0.39, 0.29) is 0 Å². The molecule has 2 rings (SSSR count). The summed E-state index contributed by atoms with van der Waals surface area (Å²) in [6.45, 7) is 2.90. The highest BCUT2D eigenvalue weighted by atomic mass is 35.5. The minimum absolute atomic E-state index is 0.626. The number of halogens is 2. The van der Waals surface area contributed by atoms with Crippen LogP contribution in [-0.4, -0.2) is 11.5 Å². The molecule has 0 aliphatic carbocycles. The molecule has 0 unspecified atom stereocenters. The quantitative estimate of drug-likeness (QED) is 0.887. The van der Waals surface area contributed by atoms with E-state index in [1.807, 2.05) is 24.4 Å². The summed E-state index contributed by atoms with van der Waals surface area (Å²) in [6.07, 6.45) is 0. The first kappa shape index (κ1) is 11.7. The highest BCUT2D eigenvalue weighted by Crippen LogP contribution is 2.32. The van der Waals surface area contributed by atoms with E-state index < -0.39 is 0 Å². The van der Waals surface area contributed by atoms with Gasteiger partial charge in [-0.3, -0.25) is 0 Å². The monoisotopic (exact) mass is 272 g/mol. The van der Waals surface area contributed by atoms with Crippen molar-refractivity contribution in [2.24, 2.45) is 0 Å².